The van der Waals surface area contributed by atoms with Crippen LogP contribution in [0, 0.1) is 5.92 Å². The smallest absolute Gasteiger partial charge is 0.0959 e. The van der Waals surface area contributed by atoms with Gasteiger partial charge in [0.05, 0.1) is 11.8 Å². The Bertz CT molecular complexity index is 313. The van der Waals surface area contributed by atoms with Crippen LogP contribution in [0.25, 0.3) is 0 Å². The van der Waals surface area contributed by atoms with Gasteiger partial charge in [-0.3, -0.25) is 4.68 Å². The van der Waals surface area contributed by atoms with Crippen molar-refractivity contribution in [2.24, 2.45) is 13.0 Å². The van der Waals surface area contributed by atoms with Crippen LogP contribution in [0.5, 0.6) is 0 Å². The SMILES string of the molecule is Cn1nccc1C(O)CC1CCCCCC1. The van der Waals surface area contributed by atoms with Crippen LogP contribution < -0.4 is 0 Å². The normalized spacial score (nSPS) is 20.6. The maximum atomic E-state index is 10.2. The summed E-state index contributed by atoms with van der Waals surface area (Å²) < 4.78 is 1.78. The molecular formula is C13H22N2O. The number of aliphatic hydroxyl groups excluding tert-OH is 1. The minimum atomic E-state index is -0.337. The first kappa shape index (κ1) is 11.6. The quantitative estimate of drug-likeness (QED) is 0.799. The van der Waals surface area contributed by atoms with Gasteiger partial charge in [0.25, 0.3) is 0 Å². The van der Waals surface area contributed by atoms with E-state index in [0.717, 1.165) is 12.1 Å². The summed E-state index contributed by atoms with van der Waals surface area (Å²) in [6, 6.07) is 1.92. The van der Waals surface area contributed by atoms with E-state index in [1.165, 1.54) is 38.5 Å². The number of aromatic nitrogens is 2. The molecule has 16 heavy (non-hydrogen) atoms. The average molecular weight is 222 g/mol. The third-order valence-corrected chi connectivity index (χ3v) is 3.73. The van der Waals surface area contributed by atoms with Crippen LogP contribution in [0.3, 0.4) is 0 Å². The zero-order valence-electron chi connectivity index (χ0n) is 10.1. The van der Waals surface area contributed by atoms with Gasteiger partial charge in [-0.2, -0.15) is 5.10 Å². The summed E-state index contributed by atoms with van der Waals surface area (Å²) in [5.41, 5.74) is 0.948. The van der Waals surface area contributed by atoms with Gasteiger partial charge in [-0.05, 0) is 18.4 Å². The minimum absolute atomic E-state index is 0.337. The molecule has 0 saturated heterocycles. The molecule has 0 bridgehead atoms. The summed E-state index contributed by atoms with van der Waals surface area (Å²) in [7, 11) is 1.89. The number of aryl methyl sites for hydroxylation is 1. The number of nitrogens with zero attached hydrogens (tertiary/aromatic N) is 2. The maximum absolute atomic E-state index is 10.2. The van der Waals surface area contributed by atoms with E-state index in [0.29, 0.717) is 5.92 Å². The third kappa shape index (κ3) is 2.85. The van der Waals surface area contributed by atoms with E-state index in [9.17, 15) is 5.11 Å². The molecule has 1 N–H and O–H groups in total. The summed E-state index contributed by atoms with van der Waals surface area (Å²) >= 11 is 0. The molecule has 1 aliphatic carbocycles. The predicted octanol–water partition coefficient (Wildman–Crippen LogP) is 2.81. The summed E-state index contributed by atoms with van der Waals surface area (Å²) in [6.07, 6.45) is 10.3. The Morgan fingerprint density at radius 1 is 1.38 bits per heavy atom. The zero-order chi connectivity index (χ0) is 11.4. The molecule has 0 radical (unpaired) electrons. The van der Waals surface area contributed by atoms with Crippen LogP contribution in [0.2, 0.25) is 0 Å². The Hall–Kier alpha value is -0.830. The first-order valence-electron chi connectivity index (χ1n) is 6.43. The van der Waals surface area contributed by atoms with E-state index >= 15 is 0 Å². The number of hydrogen-bond acceptors (Lipinski definition) is 2. The number of aliphatic hydroxyl groups is 1. The lowest BCUT2D eigenvalue weighted by Crippen LogP contribution is -2.10. The van der Waals surface area contributed by atoms with Crippen molar-refractivity contribution in [2.45, 2.75) is 51.0 Å². The fraction of sp³-hybridized carbons (Fsp3) is 0.769. The molecular weight excluding hydrogens is 200 g/mol. The Morgan fingerprint density at radius 3 is 2.62 bits per heavy atom. The van der Waals surface area contributed by atoms with Crippen LogP contribution >= 0.6 is 0 Å². The third-order valence-electron chi connectivity index (χ3n) is 3.73. The lowest BCUT2D eigenvalue weighted by molar-refractivity contribution is 0.131. The Morgan fingerprint density at radius 2 is 2.06 bits per heavy atom. The fourth-order valence-electron chi connectivity index (χ4n) is 2.75. The molecule has 90 valence electrons. The van der Waals surface area contributed by atoms with Crippen molar-refractivity contribution in [2.75, 3.05) is 0 Å². The topological polar surface area (TPSA) is 38.0 Å². The molecule has 1 heterocycles. The van der Waals surface area contributed by atoms with E-state index in [-0.39, 0.29) is 6.10 Å². The summed E-state index contributed by atoms with van der Waals surface area (Å²) in [4.78, 5) is 0. The molecule has 1 fully saturated rings. The van der Waals surface area contributed by atoms with E-state index < -0.39 is 0 Å². The summed E-state index contributed by atoms with van der Waals surface area (Å²) in [5, 5.41) is 14.3. The first-order valence-corrected chi connectivity index (χ1v) is 6.43. The van der Waals surface area contributed by atoms with E-state index in [1.54, 1.807) is 10.9 Å². The Balaban J connectivity index is 1.91. The second-order valence-corrected chi connectivity index (χ2v) is 4.99. The van der Waals surface area contributed by atoms with Gasteiger partial charge in [-0.15, -0.1) is 0 Å². The van der Waals surface area contributed by atoms with Crippen molar-refractivity contribution in [3.8, 4) is 0 Å². The van der Waals surface area contributed by atoms with Crippen LogP contribution in [0.15, 0.2) is 12.3 Å². The van der Waals surface area contributed by atoms with E-state index in [2.05, 4.69) is 5.10 Å². The standard InChI is InChI=1S/C13H22N2O/c1-15-12(8-9-14-15)13(16)10-11-6-4-2-3-5-7-11/h8-9,11,13,16H,2-7,10H2,1H3. The van der Waals surface area contributed by atoms with Crippen LogP contribution in [-0.4, -0.2) is 14.9 Å². The van der Waals surface area contributed by atoms with Crippen LogP contribution in [-0.2, 0) is 7.05 Å². The molecule has 1 aromatic heterocycles. The lowest BCUT2D eigenvalue weighted by atomic mass is 9.93. The first-order chi connectivity index (χ1) is 7.77. The van der Waals surface area contributed by atoms with Gasteiger partial charge in [-0.1, -0.05) is 38.5 Å². The predicted molar refractivity (Wildman–Crippen MR) is 64.0 cm³/mol. The van der Waals surface area contributed by atoms with Crippen molar-refractivity contribution < 1.29 is 5.11 Å². The Kier molecular flexibility index (Phi) is 3.99. The highest BCUT2D eigenvalue weighted by molar-refractivity contribution is 5.04. The number of hydrogen-bond donors (Lipinski definition) is 1. The fourth-order valence-corrected chi connectivity index (χ4v) is 2.75. The Labute approximate surface area is 97.5 Å². The molecule has 1 atom stereocenters. The van der Waals surface area contributed by atoms with Gasteiger partial charge in [-0.25, -0.2) is 0 Å². The average Bonchev–Trinajstić information content (AvgIpc) is 2.53. The molecule has 3 heteroatoms. The second-order valence-electron chi connectivity index (χ2n) is 4.99. The molecule has 0 spiro atoms. The van der Waals surface area contributed by atoms with Crippen LogP contribution in [0.1, 0.15) is 56.7 Å². The van der Waals surface area contributed by atoms with E-state index in [1.807, 2.05) is 13.1 Å². The van der Waals surface area contributed by atoms with Crippen LogP contribution in [0.4, 0.5) is 0 Å². The van der Waals surface area contributed by atoms with Crippen molar-refractivity contribution in [3.63, 3.8) is 0 Å². The van der Waals surface area contributed by atoms with Crippen molar-refractivity contribution in [1.82, 2.24) is 9.78 Å². The molecule has 1 saturated carbocycles. The highest BCUT2D eigenvalue weighted by Gasteiger charge is 2.19. The van der Waals surface area contributed by atoms with Gasteiger partial charge >= 0.3 is 0 Å². The van der Waals surface area contributed by atoms with Crippen molar-refractivity contribution >= 4 is 0 Å². The molecule has 3 nitrogen and oxygen atoms in total. The zero-order valence-corrected chi connectivity index (χ0v) is 10.1. The largest absolute Gasteiger partial charge is 0.387 e. The molecule has 1 unspecified atom stereocenters. The molecule has 1 aliphatic rings. The van der Waals surface area contributed by atoms with Crippen molar-refractivity contribution in [1.29, 1.82) is 0 Å². The van der Waals surface area contributed by atoms with Gasteiger partial charge in [0, 0.05) is 13.2 Å². The van der Waals surface area contributed by atoms with Gasteiger partial charge < -0.3 is 5.11 Å². The number of rotatable bonds is 3. The van der Waals surface area contributed by atoms with E-state index in [4.69, 9.17) is 0 Å². The van der Waals surface area contributed by atoms with Gasteiger partial charge in [0.15, 0.2) is 0 Å². The maximum Gasteiger partial charge on any atom is 0.0959 e. The monoisotopic (exact) mass is 222 g/mol. The molecule has 0 aliphatic heterocycles. The molecule has 2 rings (SSSR count). The van der Waals surface area contributed by atoms with Gasteiger partial charge in [0.1, 0.15) is 0 Å². The molecule has 0 aromatic carbocycles. The minimum Gasteiger partial charge on any atom is -0.387 e. The van der Waals surface area contributed by atoms with Gasteiger partial charge in [0.2, 0.25) is 0 Å². The second kappa shape index (κ2) is 5.48. The van der Waals surface area contributed by atoms with Crippen molar-refractivity contribution in [3.05, 3.63) is 18.0 Å². The summed E-state index contributed by atoms with van der Waals surface area (Å²) in [5.74, 6) is 0.701. The molecule has 0 amide bonds. The lowest BCUT2D eigenvalue weighted by Gasteiger charge is -2.18. The summed E-state index contributed by atoms with van der Waals surface area (Å²) in [6.45, 7) is 0. The highest BCUT2D eigenvalue weighted by Crippen LogP contribution is 2.30. The highest BCUT2D eigenvalue weighted by atomic mass is 16.3. The molecule has 1 aromatic rings.